The van der Waals surface area contributed by atoms with Gasteiger partial charge < -0.3 is 19.3 Å². The molecule has 2 saturated heterocycles. The lowest BCUT2D eigenvalue weighted by molar-refractivity contribution is -0.187. The van der Waals surface area contributed by atoms with E-state index in [2.05, 4.69) is 17.0 Å². The van der Waals surface area contributed by atoms with Gasteiger partial charge in [0.1, 0.15) is 0 Å². The van der Waals surface area contributed by atoms with Crippen molar-refractivity contribution < 1.29 is 14.3 Å². The zero-order valence-corrected chi connectivity index (χ0v) is 13.2. The molecule has 5 nitrogen and oxygen atoms in total. The summed E-state index contributed by atoms with van der Waals surface area (Å²) < 4.78 is 11.4. The second-order valence-corrected chi connectivity index (χ2v) is 6.00. The van der Waals surface area contributed by atoms with Crippen LogP contribution in [0.4, 0.5) is 5.69 Å². The smallest absolute Gasteiger partial charge is 0.224 e. The van der Waals surface area contributed by atoms with Gasteiger partial charge in [0.05, 0.1) is 13.2 Å². The monoisotopic (exact) mass is 304 g/mol. The van der Waals surface area contributed by atoms with Crippen molar-refractivity contribution in [1.82, 2.24) is 4.90 Å². The van der Waals surface area contributed by atoms with Crippen LogP contribution in [0, 0.1) is 0 Å². The normalized spacial score (nSPS) is 20.3. The number of anilines is 1. The van der Waals surface area contributed by atoms with Gasteiger partial charge in [-0.1, -0.05) is 18.2 Å². The molecule has 0 aliphatic carbocycles. The van der Waals surface area contributed by atoms with Crippen molar-refractivity contribution in [3.8, 4) is 0 Å². The van der Waals surface area contributed by atoms with Crippen LogP contribution in [0.25, 0.3) is 0 Å². The molecule has 0 N–H and O–H groups in total. The second kappa shape index (κ2) is 6.67. The maximum absolute atomic E-state index is 12.4. The number of nitrogens with zero attached hydrogens (tertiary/aromatic N) is 2. The number of likely N-dealkylation sites (tertiary alicyclic amines) is 1. The van der Waals surface area contributed by atoms with Crippen molar-refractivity contribution in [2.24, 2.45) is 0 Å². The Morgan fingerprint density at radius 1 is 1.18 bits per heavy atom. The average Bonchev–Trinajstić information content (AvgIpc) is 3.02. The largest absolute Gasteiger partial charge is 0.374 e. The topological polar surface area (TPSA) is 42.0 Å². The van der Waals surface area contributed by atoms with Crippen LogP contribution in [0.3, 0.4) is 0 Å². The first kappa shape index (κ1) is 15.3. The van der Waals surface area contributed by atoms with Crippen LogP contribution in [0.2, 0.25) is 0 Å². The fraction of sp³-hybridized carbons (Fsp3) is 0.588. The number of rotatable bonds is 4. The van der Waals surface area contributed by atoms with Gasteiger partial charge in [-0.2, -0.15) is 0 Å². The maximum Gasteiger partial charge on any atom is 0.224 e. The molecule has 3 rings (SSSR count). The highest BCUT2D eigenvalue weighted by Gasteiger charge is 2.40. The molecule has 2 aliphatic heterocycles. The minimum absolute atomic E-state index is 0.218. The number of piperidine rings is 1. The summed E-state index contributed by atoms with van der Waals surface area (Å²) in [5, 5.41) is 0. The predicted molar refractivity (Wildman–Crippen MR) is 84.8 cm³/mol. The van der Waals surface area contributed by atoms with E-state index in [1.54, 1.807) is 0 Å². The summed E-state index contributed by atoms with van der Waals surface area (Å²) in [4.78, 5) is 16.4. The third-order valence-corrected chi connectivity index (χ3v) is 4.55. The molecule has 1 spiro atoms. The van der Waals surface area contributed by atoms with Gasteiger partial charge in [-0.3, -0.25) is 4.79 Å². The fourth-order valence-electron chi connectivity index (χ4n) is 3.12. The molecule has 120 valence electrons. The summed E-state index contributed by atoms with van der Waals surface area (Å²) in [7, 11) is 2.02. The zero-order valence-electron chi connectivity index (χ0n) is 13.2. The molecule has 1 aromatic rings. The van der Waals surface area contributed by atoms with Crippen molar-refractivity contribution in [3.05, 3.63) is 30.3 Å². The number of para-hydroxylation sites is 1. The van der Waals surface area contributed by atoms with Gasteiger partial charge >= 0.3 is 0 Å². The van der Waals surface area contributed by atoms with E-state index < -0.39 is 5.79 Å². The molecular weight excluding hydrogens is 280 g/mol. The SMILES string of the molecule is CN(CCC(=O)N1CCC2(CC1)OCCO2)c1ccccc1. The lowest BCUT2D eigenvalue weighted by atomic mass is 10.0. The van der Waals surface area contributed by atoms with Crippen molar-refractivity contribution >= 4 is 11.6 Å². The minimum atomic E-state index is -0.405. The van der Waals surface area contributed by atoms with Crippen molar-refractivity contribution in [2.75, 3.05) is 44.8 Å². The van der Waals surface area contributed by atoms with E-state index in [0.29, 0.717) is 19.6 Å². The number of hydrogen-bond acceptors (Lipinski definition) is 4. The molecule has 22 heavy (non-hydrogen) atoms. The Morgan fingerprint density at radius 2 is 1.82 bits per heavy atom. The van der Waals surface area contributed by atoms with Gasteiger partial charge in [-0.15, -0.1) is 0 Å². The minimum Gasteiger partial charge on any atom is -0.374 e. The molecule has 1 aromatic carbocycles. The molecule has 0 bridgehead atoms. The number of amides is 1. The number of carbonyl (C=O) groups excluding carboxylic acids is 1. The van der Waals surface area contributed by atoms with Gasteiger partial charge in [0, 0.05) is 51.6 Å². The maximum atomic E-state index is 12.4. The molecule has 2 heterocycles. The Bertz CT molecular complexity index is 490. The third kappa shape index (κ3) is 3.42. The van der Waals surface area contributed by atoms with Crippen molar-refractivity contribution in [2.45, 2.75) is 25.0 Å². The summed E-state index contributed by atoms with van der Waals surface area (Å²) in [5.74, 6) is -0.187. The summed E-state index contributed by atoms with van der Waals surface area (Å²) >= 11 is 0. The number of benzene rings is 1. The van der Waals surface area contributed by atoms with Crippen molar-refractivity contribution in [3.63, 3.8) is 0 Å². The average molecular weight is 304 g/mol. The molecule has 0 radical (unpaired) electrons. The summed E-state index contributed by atoms with van der Waals surface area (Å²) in [5.41, 5.74) is 1.14. The Balaban J connectivity index is 1.45. The van der Waals surface area contributed by atoms with Crippen LogP contribution in [-0.4, -0.2) is 56.5 Å². The standard InChI is InChI=1S/C17H24N2O3/c1-18(15-5-3-2-4-6-15)10-7-16(20)19-11-8-17(9-12-19)21-13-14-22-17/h2-6H,7-14H2,1H3. The molecular formula is C17H24N2O3. The molecule has 1 amide bonds. The third-order valence-electron chi connectivity index (χ3n) is 4.55. The first-order chi connectivity index (χ1) is 10.7. The van der Waals surface area contributed by atoms with E-state index in [1.807, 2.05) is 30.1 Å². The Morgan fingerprint density at radius 3 is 2.45 bits per heavy atom. The Kier molecular flexibility index (Phi) is 4.64. The number of ether oxygens (including phenoxy) is 2. The number of hydrogen-bond donors (Lipinski definition) is 0. The quantitative estimate of drug-likeness (QED) is 0.852. The second-order valence-electron chi connectivity index (χ2n) is 6.00. The van der Waals surface area contributed by atoms with Gasteiger partial charge in [0.15, 0.2) is 5.79 Å². The first-order valence-electron chi connectivity index (χ1n) is 8.00. The van der Waals surface area contributed by atoms with E-state index >= 15 is 0 Å². The first-order valence-corrected chi connectivity index (χ1v) is 8.00. The van der Waals surface area contributed by atoms with Gasteiger partial charge in [0.2, 0.25) is 5.91 Å². The van der Waals surface area contributed by atoms with Crippen LogP contribution in [0.1, 0.15) is 19.3 Å². The van der Waals surface area contributed by atoms with E-state index in [0.717, 1.165) is 38.2 Å². The van der Waals surface area contributed by atoms with E-state index in [1.165, 1.54) is 0 Å². The van der Waals surface area contributed by atoms with Gasteiger partial charge in [-0.05, 0) is 12.1 Å². The van der Waals surface area contributed by atoms with Crippen LogP contribution in [-0.2, 0) is 14.3 Å². The van der Waals surface area contributed by atoms with E-state index in [4.69, 9.17) is 9.47 Å². The molecule has 5 heteroatoms. The van der Waals surface area contributed by atoms with Crippen LogP contribution < -0.4 is 4.90 Å². The van der Waals surface area contributed by atoms with Crippen LogP contribution >= 0.6 is 0 Å². The molecule has 2 aliphatic rings. The molecule has 0 unspecified atom stereocenters. The van der Waals surface area contributed by atoms with E-state index in [9.17, 15) is 4.79 Å². The summed E-state index contributed by atoms with van der Waals surface area (Å²) in [6.07, 6.45) is 2.11. The summed E-state index contributed by atoms with van der Waals surface area (Å²) in [6.45, 7) is 3.55. The lowest BCUT2D eigenvalue weighted by Gasteiger charge is -2.37. The molecule has 0 saturated carbocycles. The Hall–Kier alpha value is -1.59. The highest BCUT2D eigenvalue weighted by molar-refractivity contribution is 5.77. The molecule has 0 atom stereocenters. The lowest BCUT2D eigenvalue weighted by Crippen LogP contribution is -2.47. The van der Waals surface area contributed by atoms with E-state index in [-0.39, 0.29) is 5.91 Å². The molecule has 0 aromatic heterocycles. The van der Waals surface area contributed by atoms with Crippen molar-refractivity contribution in [1.29, 1.82) is 0 Å². The summed E-state index contributed by atoms with van der Waals surface area (Å²) in [6, 6.07) is 10.1. The zero-order chi connectivity index (χ0) is 15.4. The fourth-order valence-corrected chi connectivity index (χ4v) is 3.12. The van der Waals surface area contributed by atoms with Crippen LogP contribution in [0.5, 0.6) is 0 Å². The van der Waals surface area contributed by atoms with Gasteiger partial charge in [-0.25, -0.2) is 0 Å². The highest BCUT2D eigenvalue weighted by atomic mass is 16.7. The number of carbonyl (C=O) groups is 1. The predicted octanol–water partition coefficient (Wildman–Crippen LogP) is 1.88. The Labute approximate surface area is 131 Å². The van der Waals surface area contributed by atoms with Crippen LogP contribution in [0.15, 0.2) is 30.3 Å². The highest BCUT2D eigenvalue weighted by Crippen LogP contribution is 2.31. The van der Waals surface area contributed by atoms with Gasteiger partial charge in [0.25, 0.3) is 0 Å². The molecule has 2 fully saturated rings.